The van der Waals surface area contributed by atoms with Gasteiger partial charge in [-0.25, -0.2) is 4.79 Å². The minimum atomic E-state index is -0.532. The summed E-state index contributed by atoms with van der Waals surface area (Å²) < 4.78 is 11.0. The maximum Gasteiger partial charge on any atom is 0.338 e. The van der Waals surface area contributed by atoms with Gasteiger partial charge in [0.05, 0.1) is 18.2 Å². The van der Waals surface area contributed by atoms with E-state index in [0.717, 1.165) is 15.6 Å². The predicted octanol–water partition coefficient (Wildman–Crippen LogP) is 3.63. The quantitative estimate of drug-likeness (QED) is 0.714. The van der Waals surface area contributed by atoms with E-state index in [4.69, 9.17) is 9.47 Å². The molecule has 0 saturated heterocycles. The van der Waals surface area contributed by atoms with Gasteiger partial charge in [0.25, 0.3) is 5.91 Å². The molecular weight excluding hydrogens is 386 g/mol. The van der Waals surface area contributed by atoms with Crippen molar-refractivity contribution >= 4 is 27.8 Å². The summed E-state index contributed by atoms with van der Waals surface area (Å²) in [4.78, 5) is 23.9. The number of carbonyl (C=O) groups is 2. The predicted molar refractivity (Wildman–Crippen MR) is 98.1 cm³/mol. The van der Waals surface area contributed by atoms with E-state index in [1.54, 1.807) is 31.4 Å². The van der Waals surface area contributed by atoms with Crippen LogP contribution in [0, 0.1) is 0 Å². The van der Waals surface area contributed by atoms with Crippen molar-refractivity contribution in [3.05, 3.63) is 69.7 Å². The van der Waals surface area contributed by atoms with Crippen molar-refractivity contribution in [3.63, 3.8) is 0 Å². The molecular formula is C19H20BrNO4. The van der Waals surface area contributed by atoms with E-state index in [1.165, 1.54) is 0 Å². The van der Waals surface area contributed by atoms with Gasteiger partial charge in [0.2, 0.25) is 0 Å². The minimum absolute atomic E-state index is 0.173. The molecule has 0 bridgehead atoms. The summed E-state index contributed by atoms with van der Waals surface area (Å²) in [7, 11) is 1.61. The van der Waals surface area contributed by atoms with Gasteiger partial charge in [0.1, 0.15) is 0 Å². The lowest BCUT2D eigenvalue weighted by atomic mass is 10.1. The number of rotatable bonds is 7. The Morgan fingerprint density at radius 3 is 2.32 bits per heavy atom. The van der Waals surface area contributed by atoms with Crippen LogP contribution in [0.5, 0.6) is 0 Å². The molecule has 0 radical (unpaired) electrons. The molecule has 2 aromatic carbocycles. The van der Waals surface area contributed by atoms with E-state index < -0.39 is 5.97 Å². The smallest absolute Gasteiger partial charge is 0.338 e. The van der Waals surface area contributed by atoms with Gasteiger partial charge in [0, 0.05) is 11.6 Å². The van der Waals surface area contributed by atoms with E-state index in [-0.39, 0.29) is 18.6 Å². The second kappa shape index (κ2) is 9.34. The Morgan fingerprint density at radius 2 is 1.72 bits per heavy atom. The fourth-order valence-electron chi connectivity index (χ4n) is 2.24. The Kier molecular flexibility index (Phi) is 7.16. The van der Waals surface area contributed by atoms with Gasteiger partial charge in [-0.05, 0) is 42.3 Å². The molecule has 5 nitrogen and oxygen atoms in total. The summed E-state index contributed by atoms with van der Waals surface area (Å²) in [5.74, 6) is -0.879. The zero-order chi connectivity index (χ0) is 18.2. The van der Waals surface area contributed by atoms with Gasteiger partial charge in [-0.2, -0.15) is 0 Å². The molecule has 0 saturated carbocycles. The van der Waals surface area contributed by atoms with Crippen LogP contribution in [0.4, 0.5) is 0 Å². The summed E-state index contributed by atoms with van der Waals surface area (Å²) in [5.41, 5.74) is 2.32. The Morgan fingerprint density at radius 1 is 1.08 bits per heavy atom. The lowest BCUT2D eigenvalue weighted by molar-refractivity contribution is -0.124. The summed E-state index contributed by atoms with van der Waals surface area (Å²) in [5, 5.41) is 2.80. The molecule has 1 amide bonds. The van der Waals surface area contributed by atoms with Crippen LogP contribution in [0.25, 0.3) is 0 Å². The number of amides is 1. The summed E-state index contributed by atoms with van der Waals surface area (Å²) >= 11 is 3.37. The SMILES string of the molecule is COCc1ccc(C(=O)OCC(=O)N[C@@H](C)c2ccc(Br)cc2)cc1. The van der Waals surface area contributed by atoms with Crippen LogP contribution in [-0.2, 0) is 20.9 Å². The summed E-state index contributed by atoms with van der Waals surface area (Å²) in [6, 6.07) is 14.4. The number of benzene rings is 2. The first-order valence-corrected chi connectivity index (χ1v) is 8.58. The van der Waals surface area contributed by atoms with Crippen molar-refractivity contribution in [2.24, 2.45) is 0 Å². The van der Waals surface area contributed by atoms with Gasteiger partial charge >= 0.3 is 5.97 Å². The van der Waals surface area contributed by atoms with Crippen molar-refractivity contribution in [1.82, 2.24) is 5.32 Å². The molecule has 1 N–H and O–H groups in total. The van der Waals surface area contributed by atoms with Crippen LogP contribution in [0.2, 0.25) is 0 Å². The number of methoxy groups -OCH3 is 1. The molecule has 6 heteroatoms. The van der Waals surface area contributed by atoms with Crippen molar-refractivity contribution in [1.29, 1.82) is 0 Å². The molecule has 0 heterocycles. The molecule has 0 aliphatic rings. The lowest BCUT2D eigenvalue weighted by Gasteiger charge is -2.14. The monoisotopic (exact) mass is 405 g/mol. The zero-order valence-electron chi connectivity index (χ0n) is 14.1. The topological polar surface area (TPSA) is 64.6 Å². The number of halogens is 1. The fraction of sp³-hybridized carbons (Fsp3) is 0.263. The highest BCUT2D eigenvalue weighted by Crippen LogP contribution is 2.16. The lowest BCUT2D eigenvalue weighted by Crippen LogP contribution is -2.31. The third-order valence-electron chi connectivity index (χ3n) is 3.58. The number of esters is 1. The molecule has 2 rings (SSSR count). The van der Waals surface area contributed by atoms with Gasteiger partial charge < -0.3 is 14.8 Å². The molecule has 0 unspecified atom stereocenters. The highest BCUT2D eigenvalue weighted by atomic mass is 79.9. The second-order valence-electron chi connectivity index (χ2n) is 5.55. The molecule has 0 aromatic heterocycles. The van der Waals surface area contributed by atoms with Gasteiger partial charge in [-0.3, -0.25) is 4.79 Å². The average molecular weight is 406 g/mol. The summed E-state index contributed by atoms with van der Waals surface area (Å²) in [6.07, 6.45) is 0. The maximum atomic E-state index is 12.0. The third kappa shape index (κ3) is 5.99. The average Bonchev–Trinajstić information content (AvgIpc) is 2.61. The number of carbonyl (C=O) groups excluding carboxylic acids is 2. The van der Waals surface area contributed by atoms with Crippen molar-refractivity contribution in [2.45, 2.75) is 19.6 Å². The molecule has 2 aromatic rings. The van der Waals surface area contributed by atoms with Crippen LogP contribution in [0.1, 0.15) is 34.5 Å². The van der Waals surface area contributed by atoms with E-state index in [9.17, 15) is 9.59 Å². The van der Waals surface area contributed by atoms with E-state index in [2.05, 4.69) is 21.2 Å². The molecule has 0 aliphatic heterocycles. The molecule has 132 valence electrons. The molecule has 25 heavy (non-hydrogen) atoms. The standard InChI is InChI=1S/C19H20BrNO4/c1-13(15-7-9-17(20)10-8-15)21-18(22)12-25-19(23)16-5-3-14(4-6-16)11-24-2/h3-10,13H,11-12H2,1-2H3,(H,21,22)/t13-/m0/s1. The van der Waals surface area contributed by atoms with Crippen molar-refractivity contribution in [3.8, 4) is 0 Å². The normalized spacial score (nSPS) is 11.6. The van der Waals surface area contributed by atoms with Gasteiger partial charge in [-0.1, -0.05) is 40.2 Å². The Balaban J connectivity index is 1.82. The second-order valence-corrected chi connectivity index (χ2v) is 6.46. The van der Waals surface area contributed by atoms with Crippen LogP contribution in [0.15, 0.2) is 53.0 Å². The zero-order valence-corrected chi connectivity index (χ0v) is 15.7. The highest BCUT2D eigenvalue weighted by Gasteiger charge is 2.13. The minimum Gasteiger partial charge on any atom is -0.452 e. The third-order valence-corrected chi connectivity index (χ3v) is 4.11. The van der Waals surface area contributed by atoms with Crippen LogP contribution >= 0.6 is 15.9 Å². The van der Waals surface area contributed by atoms with E-state index in [1.807, 2.05) is 31.2 Å². The maximum absolute atomic E-state index is 12.0. The first-order valence-electron chi connectivity index (χ1n) is 7.79. The molecule has 0 fully saturated rings. The Hall–Kier alpha value is -2.18. The van der Waals surface area contributed by atoms with Gasteiger partial charge in [0.15, 0.2) is 6.61 Å². The van der Waals surface area contributed by atoms with Crippen molar-refractivity contribution in [2.75, 3.05) is 13.7 Å². The number of hydrogen-bond acceptors (Lipinski definition) is 4. The first kappa shape index (κ1) is 19.1. The van der Waals surface area contributed by atoms with Crippen LogP contribution in [0.3, 0.4) is 0 Å². The van der Waals surface area contributed by atoms with E-state index in [0.29, 0.717) is 12.2 Å². The molecule has 1 atom stereocenters. The highest BCUT2D eigenvalue weighted by molar-refractivity contribution is 9.10. The molecule has 0 spiro atoms. The van der Waals surface area contributed by atoms with E-state index >= 15 is 0 Å². The first-order chi connectivity index (χ1) is 12.0. The van der Waals surface area contributed by atoms with Crippen LogP contribution in [-0.4, -0.2) is 25.6 Å². The number of ether oxygens (including phenoxy) is 2. The van der Waals surface area contributed by atoms with Crippen molar-refractivity contribution < 1.29 is 19.1 Å². The fourth-order valence-corrected chi connectivity index (χ4v) is 2.50. The number of hydrogen-bond donors (Lipinski definition) is 1. The molecule has 0 aliphatic carbocycles. The Bertz CT molecular complexity index is 713. The largest absolute Gasteiger partial charge is 0.452 e. The van der Waals surface area contributed by atoms with Gasteiger partial charge in [-0.15, -0.1) is 0 Å². The van der Waals surface area contributed by atoms with Crippen LogP contribution < -0.4 is 5.32 Å². The number of nitrogens with one attached hydrogen (secondary N) is 1. The summed E-state index contributed by atoms with van der Waals surface area (Å²) in [6.45, 7) is 2.03. The Labute approximate surface area is 155 Å².